The molecule has 0 aliphatic rings. The van der Waals surface area contributed by atoms with Gasteiger partial charge in [0, 0.05) is 5.56 Å². The van der Waals surface area contributed by atoms with Gasteiger partial charge in [0.1, 0.15) is 42.0 Å². The van der Waals surface area contributed by atoms with Crippen LogP contribution in [0, 0.1) is 68.0 Å². The van der Waals surface area contributed by atoms with Crippen molar-refractivity contribution >= 4 is 0 Å². The van der Waals surface area contributed by atoms with Crippen molar-refractivity contribution in [3.8, 4) is 59.1 Å². The Balaban J connectivity index is 2.59. The molecule has 0 saturated carbocycles. The standard InChI is InChI=1S/C18H2N12/c19-3-9-1-2-10(12(5-21)11(9)4-20)17-16(18-26-28-30-29-27-18)14(7-23)13(6-22)15(8-24)25-17/h1-2H. The summed E-state index contributed by atoms with van der Waals surface area (Å²) in [5, 5.41) is 74.1. The molecule has 0 aliphatic carbocycles. The van der Waals surface area contributed by atoms with Gasteiger partial charge in [-0.05, 0) is 21.7 Å². The summed E-state index contributed by atoms with van der Waals surface area (Å²) in [4.78, 5) is 4.12. The molecule has 0 bridgehead atoms. The molecule has 3 rings (SSSR count). The van der Waals surface area contributed by atoms with E-state index in [4.69, 9.17) is 0 Å². The summed E-state index contributed by atoms with van der Waals surface area (Å²) in [6.07, 6.45) is 0. The van der Waals surface area contributed by atoms with Crippen LogP contribution in [0.2, 0.25) is 0 Å². The monoisotopic (exact) mass is 386 g/mol. The average molecular weight is 386 g/mol. The summed E-state index contributed by atoms with van der Waals surface area (Å²) in [6.45, 7) is 0. The zero-order chi connectivity index (χ0) is 21.7. The molecule has 0 radical (unpaired) electrons. The quantitative estimate of drug-likeness (QED) is 0.591. The zero-order valence-electron chi connectivity index (χ0n) is 14.5. The van der Waals surface area contributed by atoms with E-state index in [9.17, 15) is 31.6 Å². The molecule has 0 saturated heterocycles. The Bertz CT molecular complexity index is 1450. The molecule has 0 fully saturated rings. The van der Waals surface area contributed by atoms with Gasteiger partial charge < -0.3 is 0 Å². The second-order valence-electron chi connectivity index (χ2n) is 5.31. The van der Waals surface area contributed by atoms with Crippen LogP contribution < -0.4 is 0 Å². The molecular weight excluding hydrogens is 384 g/mol. The molecule has 0 spiro atoms. The Kier molecular flexibility index (Phi) is 4.94. The molecule has 2 heterocycles. The van der Waals surface area contributed by atoms with Crippen molar-refractivity contribution in [1.82, 2.24) is 30.8 Å². The second kappa shape index (κ2) is 7.82. The van der Waals surface area contributed by atoms with Crippen LogP contribution >= 0.6 is 0 Å². The Morgan fingerprint density at radius 3 is 1.77 bits per heavy atom. The van der Waals surface area contributed by atoms with Gasteiger partial charge in [-0.1, -0.05) is 6.07 Å². The molecule has 30 heavy (non-hydrogen) atoms. The smallest absolute Gasteiger partial charge is 0.210 e. The Hall–Kier alpha value is -5.82. The largest absolute Gasteiger partial charge is 0.235 e. The highest BCUT2D eigenvalue weighted by molar-refractivity contribution is 5.88. The number of rotatable bonds is 2. The van der Waals surface area contributed by atoms with Crippen LogP contribution in [0.1, 0.15) is 33.5 Å². The van der Waals surface area contributed by atoms with Gasteiger partial charge in [-0.2, -0.15) is 31.6 Å². The molecule has 12 nitrogen and oxygen atoms in total. The van der Waals surface area contributed by atoms with Crippen LogP contribution in [0.5, 0.6) is 0 Å². The van der Waals surface area contributed by atoms with E-state index in [-0.39, 0.29) is 56.2 Å². The lowest BCUT2D eigenvalue weighted by molar-refractivity contribution is 0.686. The first-order valence-electron chi connectivity index (χ1n) is 7.70. The van der Waals surface area contributed by atoms with E-state index >= 15 is 0 Å². The maximum Gasteiger partial charge on any atom is 0.210 e. The number of pyridine rings is 1. The highest BCUT2D eigenvalue weighted by Crippen LogP contribution is 2.36. The van der Waals surface area contributed by atoms with Crippen LogP contribution in [0.3, 0.4) is 0 Å². The van der Waals surface area contributed by atoms with Gasteiger partial charge >= 0.3 is 0 Å². The molecule has 2 aromatic heterocycles. The number of hydrogen-bond acceptors (Lipinski definition) is 12. The molecule has 0 amide bonds. The van der Waals surface area contributed by atoms with Crippen molar-refractivity contribution in [2.24, 2.45) is 0 Å². The Morgan fingerprint density at radius 1 is 0.600 bits per heavy atom. The van der Waals surface area contributed by atoms with E-state index in [0.29, 0.717) is 0 Å². The highest BCUT2D eigenvalue weighted by Gasteiger charge is 2.27. The minimum atomic E-state index is -0.380. The maximum atomic E-state index is 9.68. The predicted molar refractivity (Wildman–Crippen MR) is 92.4 cm³/mol. The number of benzene rings is 1. The third-order valence-corrected chi connectivity index (χ3v) is 3.91. The van der Waals surface area contributed by atoms with Crippen molar-refractivity contribution in [3.05, 3.63) is 45.6 Å². The molecule has 3 aromatic rings. The van der Waals surface area contributed by atoms with Gasteiger partial charge in [0.05, 0.1) is 33.5 Å². The van der Waals surface area contributed by atoms with E-state index in [1.807, 2.05) is 18.2 Å². The van der Waals surface area contributed by atoms with E-state index in [2.05, 4.69) is 30.8 Å². The van der Waals surface area contributed by atoms with Gasteiger partial charge in [0.15, 0.2) is 5.69 Å². The topological polar surface area (TPSA) is 220 Å². The fraction of sp³-hybridized carbons (Fsp3) is 0. The molecular formula is C18H2N12. The van der Waals surface area contributed by atoms with E-state index in [0.717, 1.165) is 0 Å². The fourth-order valence-electron chi connectivity index (χ4n) is 2.69. The van der Waals surface area contributed by atoms with Crippen LogP contribution in [0.15, 0.2) is 12.1 Å². The summed E-state index contributed by atoms with van der Waals surface area (Å²) in [6, 6.07) is 13.4. The summed E-state index contributed by atoms with van der Waals surface area (Å²) >= 11 is 0. The lowest BCUT2D eigenvalue weighted by atomic mass is 9.90. The van der Waals surface area contributed by atoms with Gasteiger partial charge in [-0.3, -0.25) is 0 Å². The van der Waals surface area contributed by atoms with Crippen molar-refractivity contribution < 1.29 is 0 Å². The zero-order valence-corrected chi connectivity index (χ0v) is 14.5. The number of aromatic nitrogens is 6. The van der Waals surface area contributed by atoms with Crippen molar-refractivity contribution in [2.45, 2.75) is 0 Å². The minimum absolute atomic E-state index is 0.0287. The van der Waals surface area contributed by atoms with Gasteiger partial charge in [-0.25, -0.2) is 4.98 Å². The van der Waals surface area contributed by atoms with Crippen LogP contribution in [0.25, 0.3) is 22.6 Å². The van der Waals surface area contributed by atoms with Gasteiger partial charge in [0.2, 0.25) is 5.82 Å². The van der Waals surface area contributed by atoms with Crippen molar-refractivity contribution in [3.63, 3.8) is 0 Å². The van der Waals surface area contributed by atoms with E-state index in [1.54, 1.807) is 18.2 Å². The molecule has 12 heteroatoms. The predicted octanol–water partition coefficient (Wildman–Crippen LogP) is 0.621. The normalized spacial score (nSPS) is 9.13. The summed E-state index contributed by atoms with van der Waals surface area (Å²) in [5.74, 6) is -0.239. The number of nitrogens with zero attached hydrogens (tertiary/aromatic N) is 12. The maximum absolute atomic E-state index is 9.68. The molecule has 134 valence electrons. The van der Waals surface area contributed by atoms with Crippen molar-refractivity contribution in [1.29, 1.82) is 31.6 Å². The molecule has 0 N–H and O–H groups in total. The van der Waals surface area contributed by atoms with Gasteiger partial charge in [-0.15, -0.1) is 10.2 Å². The second-order valence-corrected chi connectivity index (χ2v) is 5.31. The molecule has 1 aromatic carbocycles. The van der Waals surface area contributed by atoms with Gasteiger partial charge in [0.25, 0.3) is 0 Å². The van der Waals surface area contributed by atoms with E-state index in [1.165, 1.54) is 12.1 Å². The third-order valence-electron chi connectivity index (χ3n) is 3.91. The first kappa shape index (κ1) is 19.0. The first-order valence-corrected chi connectivity index (χ1v) is 7.70. The highest BCUT2D eigenvalue weighted by atomic mass is 15.5. The van der Waals surface area contributed by atoms with E-state index < -0.39 is 0 Å². The Labute approximate surface area is 167 Å². The third kappa shape index (κ3) is 2.84. The lowest BCUT2D eigenvalue weighted by Gasteiger charge is -2.13. The number of nitriles is 6. The average Bonchev–Trinajstić information content (AvgIpc) is 2.81. The Morgan fingerprint density at radius 2 is 1.23 bits per heavy atom. The molecule has 0 unspecified atom stereocenters. The lowest BCUT2D eigenvalue weighted by Crippen LogP contribution is -2.07. The first-order chi connectivity index (χ1) is 14.6. The summed E-state index contributed by atoms with van der Waals surface area (Å²) in [7, 11) is 0. The summed E-state index contributed by atoms with van der Waals surface area (Å²) < 4.78 is 0. The molecule has 0 atom stereocenters. The molecule has 0 aliphatic heterocycles. The van der Waals surface area contributed by atoms with Crippen LogP contribution in [-0.2, 0) is 0 Å². The summed E-state index contributed by atoms with van der Waals surface area (Å²) in [5.41, 5.74) is -1.69. The number of hydrogen-bond donors (Lipinski definition) is 0. The van der Waals surface area contributed by atoms with Crippen molar-refractivity contribution in [2.75, 3.05) is 0 Å². The minimum Gasteiger partial charge on any atom is -0.235 e. The fourth-order valence-corrected chi connectivity index (χ4v) is 2.69. The van der Waals surface area contributed by atoms with Crippen LogP contribution in [0.4, 0.5) is 0 Å². The SMILES string of the molecule is N#Cc1ccc(-c2nc(C#N)c(C#N)c(C#N)c2-c2nnnnn2)c(C#N)c1C#N. The van der Waals surface area contributed by atoms with Crippen LogP contribution in [-0.4, -0.2) is 30.8 Å².